The minimum absolute atomic E-state index is 0.293. The zero-order valence-electron chi connectivity index (χ0n) is 8.71. The van der Waals surface area contributed by atoms with E-state index in [1.165, 1.54) is 12.8 Å². The second-order valence-corrected chi connectivity index (χ2v) is 3.78. The predicted molar refractivity (Wildman–Crippen MR) is 56.6 cm³/mol. The number of rotatable bonds is 3. The highest BCUT2D eigenvalue weighted by atomic mass is 15.2. The monoisotopic (exact) mass is 180 g/mol. The average molecular weight is 180 g/mol. The van der Waals surface area contributed by atoms with Crippen LogP contribution in [0.1, 0.15) is 26.7 Å². The Hall–Kier alpha value is -0.520. The molecule has 1 aliphatic rings. The minimum atomic E-state index is 0.293. The third-order valence-electron chi connectivity index (χ3n) is 2.71. The third-order valence-corrected chi connectivity index (χ3v) is 2.71. The molecule has 2 nitrogen and oxygen atoms in total. The molecule has 13 heavy (non-hydrogen) atoms. The first-order valence-electron chi connectivity index (χ1n) is 5.21. The number of hydrogen-bond acceptors (Lipinski definition) is 2. The molecule has 2 unspecified atom stereocenters. The third kappa shape index (κ3) is 3.02. The molecule has 0 aliphatic carbocycles. The van der Waals surface area contributed by atoms with Gasteiger partial charge in [0.05, 0.1) is 6.04 Å². The Labute approximate surface area is 81.7 Å². The summed E-state index contributed by atoms with van der Waals surface area (Å²) in [5.41, 5.74) is 0. The SMILES string of the molecule is C#CC(C)N1CCNC(CCC)C1. The van der Waals surface area contributed by atoms with Crippen LogP contribution in [-0.2, 0) is 0 Å². The molecule has 0 bridgehead atoms. The Morgan fingerprint density at radius 2 is 2.46 bits per heavy atom. The highest BCUT2D eigenvalue weighted by Crippen LogP contribution is 2.07. The summed E-state index contributed by atoms with van der Waals surface area (Å²) in [5.74, 6) is 2.80. The van der Waals surface area contributed by atoms with Gasteiger partial charge in [-0.3, -0.25) is 4.90 Å². The van der Waals surface area contributed by atoms with E-state index in [1.807, 2.05) is 0 Å². The van der Waals surface area contributed by atoms with Gasteiger partial charge in [-0.1, -0.05) is 19.3 Å². The van der Waals surface area contributed by atoms with Gasteiger partial charge in [-0.2, -0.15) is 0 Å². The standard InChI is InChI=1S/C11H20N2/c1-4-6-11-9-13(8-7-12-11)10(3)5-2/h2,10-12H,4,6-9H2,1,3H3. The molecule has 1 heterocycles. The van der Waals surface area contributed by atoms with Crippen molar-refractivity contribution in [2.24, 2.45) is 0 Å². The van der Waals surface area contributed by atoms with Crippen molar-refractivity contribution >= 4 is 0 Å². The van der Waals surface area contributed by atoms with Crippen molar-refractivity contribution in [3.05, 3.63) is 0 Å². The molecule has 0 radical (unpaired) electrons. The van der Waals surface area contributed by atoms with E-state index in [0.29, 0.717) is 12.1 Å². The van der Waals surface area contributed by atoms with Crippen molar-refractivity contribution in [2.45, 2.75) is 38.8 Å². The summed E-state index contributed by atoms with van der Waals surface area (Å²) in [4.78, 5) is 2.39. The van der Waals surface area contributed by atoms with E-state index in [1.54, 1.807) is 0 Å². The molecular weight excluding hydrogens is 160 g/mol. The van der Waals surface area contributed by atoms with Crippen LogP contribution in [0.3, 0.4) is 0 Å². The average Bonchev–Trinajstić information content (AvgIpc) is 2.18. The summed E-state index contributed by atoms with van der Waals surface area (Å²) in [5, 5.41) is 3.52. The zero-order valence-corrected chi connectivity index (χ0v) is 8.71. The van der Waals surface area contributed by atoms with Gasteiger partial charge >= 0.3 is 0 Å². The number of nitrogens with zero attached hydrogens (tertiary/aromatic N) is 1. The molecule has 0 saturated carbocycles. The summed E-state index contributed by atoms with van der Waals surface area (Å²) >= 11 is 0. The van der Waals surface area contributed by atoms with Crippen LogP contribution in [0.5, 0.6) is 0 Å². The summed E-state index contributed by atoms with van der Waals surface area (Å²) in [6, 6.07) is 0.941. The number of hydrogen-bond donors (Lipinski definition) is 1. The van der Waals surface area contributed by atoms with Crippen LogP contribution in [0, 0.1) is 12.3 Å². The molecule has 0 spiro atoms. The van der Waals surface area contributed by atoms with Gasteiger partial charge < -0.3 is 5.32 Å². The van der Waals surface area contributed by atoms with Gasteiger partial charge in [-0.25, -0.2) is 0 Å². The zero-order chi connectivity index (χ0) is 9.68. The maximum Gasteiger partial charge on any atom is 0.0684 e. The molecule has 2 heteroatoms. The van der Waals surface area contributed by atoms with Crippen molar-refractivity contribution < 1.29 is 0 Å². The molecule has 74 valence electrons. The quantitative estimate of drug-likeness (QED) is 0.654. The predicted octanol–water partition coefficient (Wildman–Crippen LogP) is 1.08. The first-order chi connectivity index (χ1) is 6.27. The summed E-state index contributed by atoms with van der Waals surface area (Å²) in [6.07, 6.45) is 7.91. The smallest absolute Gasteiger partial charge is 0.0684 e. The lowest BCUT2D eigenvalue weighted by molar-refractivity contribution is 0.175. The molecule has 0 aromatic rings. The van der Waals surface area contributed by atoms with E-state index >= 15 is 0 Å². The van der Waals surface area contributed by atoms with Gasteiger partial charge in [0.1, 0.15) is 0 Å². The van der Waals surface area contributed by atoms with Crippen LogP contribution in [-0.4, -0.2) is 36.6 Å². The second-order valence-electron chi connectivity index (χ2n) is 3.78. The Morgan fingerprint density at radius 1 is 1.69 bits per heavy atom. The summed E-state index contributed by atoms with van der Waals surface area (Å²) < 4.78 is 0. The number of piperazine rings is 1. The van der Waals surface area contributed by atoms with Gasteiger partial charge in [0.2, 0.25) is 0 Å². The van der Waals surface area contributed by atoms with Gasteiger partial charge in [0.15, 0.2) is 0 Å². The maximum absolute atomic E-state index is 5.41. The van der Waals surface area contributed by atoms with Crippen LogP contribution >= 0.6 is 0 Å². The van der Waals surface area contributed by atoms with Crippen LogP contribution in [0.4, 0.5) is 0 Å². The molecule has 1 N–H and O–H groups in total. The number of nitrogens with one attached hydrogen (secondary N) is 1. The molecule has 1 rings (SSSR count). The Kier molecular flexibility index (Phi) is 4.27. The minimum Gasteiger partial charge on any atom is -0.311 e. The van der Waals surface area contributed by atoms with E-state index in [9.17, 15) is 0 Å². The lowest BCUT2D eigenvalue weighted by Crippen LogP contribution is -2.52. The van der Waals surface area contributed by atoms with Crippen LogP contribution in [0.2, 0.25) is 0 Å². The maximum atomic E-state index is 5.41. The highest BCUT2D eigenvalue weighted by Gasteiger charge is 2.20. The second kappa shape index (κ2) is 5.26. The van der Waals surface area contributed by atoms with Crippen LogP contribution < -0.4 is 5.32 Å². The van der Waals surface area contributed by atoms with Gasteiger partial charge in [0.25, 0.3) is 0 Å². The van der Waals surface area contributed by atoms with Gasteiger partial charge in [-0.05, 0) is 13.3 Å². The molecule has 0 amide bonds. The van der Waals surface area contributed by atoms with Crippen molar-refractivity contribution in [2.75, 3.05) is 19.6 Å². The van der Waals surface area contributed by atoms with Crippen LogP contribution in [0.25, 0.3) is 0 Å². The lowest BCUT2D eigenvalue weighted by Gasteiger charge is -2.35. The molecular formula is C11H20N2. The van der Waals surface area contributed by atoms with Gasteiger partial charge in [0, 0.05) is 25.7 Å². The fourth-order valence-electron chi connectivity index (χ4n) is 1.85. The van der Waals surface area contributed by atoms with Gasteiger partial charge in [-0.15, -0.1) is 6.42 Å². The van der Waals surface area contributed by atoms with E-state index in [-0.39, 0.29) is 0 Å². The number of terminal acetylenes is 1. The molecule has 1 saturated heterocycles. The van der Waals surface area contributed by atoms with Crippen LogP contribution in [0.15, 0.2) is 0 Å². The Morgan fingerprint density at radius 3 is 3.08 bits per heavy atom. The topological polar surface area (TPSA) is 15.3 Å². The van der Waals surface area contributed by atoms with E-state index in [0.717, 1.165) is 19.6 Å². The molecule has 1 fully saturated rings. The highest BCUT2D eigenvalue weighted by molar-refractivity contribution is 4.99. The molecule has 0 aromatic carbocycles. The van der Waals surface area contributed by atoms with Crippen molar-refractivity contribution in [3.63, 3.8) is 0 Å². The summed E-state index contributed by atoms with van der Waals surface area (Å²) in [7, 11) is 0. The molecule has 0 aromatic heterocycles. The van der Waals surface area contributed by atoms with E-state index in [4.69, 9.17) is 6.42 Å². The van der Waals surface area contributed by atoms with Crippen molar-refractivity contribution in [1.82, 2.24) is 10.2 Å². The molecule has 1 aliphatic heterocycles. The van der Waals surface area contributed by atoms with E-state index in [2.05, 4.69) is 30.0 Å². The first kappa shape index (κ1) is 10.6. The Balaban J connectivity index is 2.38. The van der Waals surface area contributed by atoms with E-state index < -0.39 is 0 Å². The lowest BCUT2D eigenvalue weighted by atomic mass is 10.1. The molecule has 2 atom stereocenters. The van der Waals surface area contributed by atoms with Crippen molar-refractivity contribution in [1.29, 1.82) is 0 Å². The fourth-order valence-corrected chi connectivity index (χ4v) is 1.85. The Bertz CT molecular complexity index is 181. The van der Waals surface area contributed by atoms with Crippen molar-refractivity contribution in [3.8, 4) is 12.3 Å². The normalized spacial score (nSPS) is 26.7. The first-order valence-corrected chi connectivity index (χ1v) is 5.21. The fraction of sp³-hybridized carbons (Fsp3) is 0.818. The largest absolute Gasteiger partial charge is 0.311 e. The summed E-state index contributed by atoms with van der Waals surface area (Å²) in [6.45, 7) is 7.61.